The standard InChI is InChI=1S/C17H26N2O/c1-3-11-19(16-5-4-10-18-13-16)17(20)12-15-8-6-14(2)7-9-15/h6-9,16,18H,3-5,10-13H2,1-2H3. The summed E-state index contributed by atoms with van der Waals surface area (Å²) in [7, 11) is 0. The van der Waals surface area contributed by atoms with Gasteiger partial charge in [0, 0.05) is 19.1 Å². The molecule has 1 atom stereocenters. The van der Waals surface area contributed by atoms with Crippen LogP contribution in [-0.4, -0.2) is 36.5 Å². The number of piperidine rings is 1. The van der Waals surface area contributed by atoms with Gasteiger partial charge in [0.1, 0.15) is 0 Å². The Morgan fingerprint density at radius 1 is 1.35 bits per heavy atom. The van der Waals surface area contributed by atoms with E-state index in [0.717, 1.165) is 38.0 Å². The third kappa shape index (κ3) is 4.07. The van der Waals surface area contributed by atoms with Crippen LogP contribution < -0.4 is 5.32 Å². The Labute approximate surface area is 122 Å². The molecular weight excluding hydrogens is 248 g/mol. The Hall–Kier alpha value is -1.35. The number of nitrogens with one attached hydrogen (secondary N) is 1. The average Bonchev–Trinajstić information content (AvgIpc) is 2.48. The Balaban J connectivity index is 2.00. The van der Waals surface area contributed by atoms with E-state index in [-0.39, 0.29) is 5.91 Å². The lowest BCUT2D eigenvalue weighted by atomic mass is 10.0. The van der Waals surface area contributed by atoms with Gasteiger partial charge in [-0.05, 0) is 38.3 Å². The molecule has 0 spiro atoms. The van der Waals surface area contributed by atoms with Crippen LogP contribution in [0.25, 0.3) is 0 Å². The fourth-order valence-electron chi connectivity index (χ4n) is 2.83. The van der Waals surface area contributed by atoms with Crippen LogP contribution in [0.15, 0.2) is 24.3 Å². The van der Waals surface area contributed by atoms with Crippen molar-refractivity contribution in [3.8, 4) is 0 Å². The lowest BCUT2D eigenvalue weighted by Crippen LogP contribution is -2.49. The minimum Gasteiger partial charge on any atom is -0.338 e. The lowest BCUT2D eigenvalue weighted by Gasteiger charge is -2.34. The average molecular weight is 274 g/mol. The summed E-state index contributed by atoms with van der Waals surface area (Å²) in [6.45, 7) is 7.12. The Kier molecular flexibility index (Phi) is 5.60. The molecule has 1 aliphatic rings. The molecule has 0 aliphatic carbocycles. The van der Waals surface area contributed by atoms with Crippen molar-refractivity contribution in [2.75, 3.05) is 19.6 Å². The van der Waals surface area contributed by atoms with Crippen LogP contribution in [0.4, 0.5) is 0 Å². The van der Waals surface area contributed by atoms with E-state index in [2.05, 4.69) is 48.3 Å². The maximum atomic E-state index is 12.6. The number of benzene rings is 1. The van der Waals surface area contributed by atoms with Crippen molar-refractivity contribution in [2.24, 2.45) is 0 Å². The van der Waals surface area contributed by atoms with Crippen molar-refractivity contribution in [2.45, 2.75) is 45.6 Å². The van der Waals surface area contributed by atoms with Crippen LogP contribution in [0.2, 0.25) is 0 Å². The molecular formula is C17H26N2O. The number of carbonyl (C=O) groups excluding carboxylic acids is 1. The second-order valence-electron chi connectivity index (χ2n) is 5.75. The van der Waals surface area contributed by atoms with Crippen molar-refractivity contribution in [1.29, 1.82) is 0 Å². The van der Waals surface area contributed by atoms with Crippen LogP contribution in [-0.2, 0) is 11.2 Å². The van der Waals surface area contributed by atoms with Gasteiger partial charge in [-0.25, -0.2) is 0 Å². The molecule has 0 bridgehead atoms. The molecule has 0 radical (unpaired) electrons. The molecule has 2 rings (SSSR count). The predicted molar refractivity (Wildman–Crippen MR) is 82.8 cm³/mol. The molecule has 1 amide bonds. The zero-order valence-electron chi connectivity index (χ0n) is 12.7. The fraction of sp³-hybridized carbons (Fsp3) is 0.588. The van der Waals surface area contributed by atoms with Crippen molar-refractivity contribution in [3.05, 3.63) is 35.4 Å². The summed E-state index contributed by atoms with van der Waals surface area (Å²) in [6.07, 6.45) is 3.85. The van der Waals surface area contributed by atoms with Crippen molar-refractivity contribution >= 4 is 5.91 Å². The molecule has 3 heteroatoms. The molecule has 20 heavy (non-hydrogen) atoms. The molecule has 1 aromatic carbocycles. The normalized spacial score (nSPS) is 18.8. The van der Waals surface area contributed by atoms with Crippen molar-refractivity contribution in [3.63, 3.8) is 0 Å². The van der Waals surface area contributed by atoms with Gasteiger partial charge in [0.05, 0.1) is 6.42 Å². The summed E-state index contributed by atoms with van der Waals surface area (Å²) in [5, 5.41) is 3.41. The highest BCUT2D eigenvalue weighted by atomic mass is 16.2. The highest BCUT2D eigenvalue weighted by Crippen LogP contribution is 2.14. The molecule has 1 N–H and O–H groups in total. The third-order valence-electron chi connectivity index (χ3n) is 3.97. The second-order valence-corrected chi connectivity index (χ2v) is 5.75. The van der Waals surface area contributed by atoms with Gasteiger partial charge in [0.2, 0.25) is 5.91 Å². The molecule has 1 fully saturated rings. The van der Waals surface area contributed by atoms with Crippen LogP contribution in [0.1, 0.15) is 37.3 Å². The summed E-state index contributed by atoms with van der Waals surface area (Å²) in [6, 6.07) is 8.67. The first kappa shape index (κ1) is 15.0. The van der Waals surface area contributed by atoms with E-state index >= 15 is 0 Å². The van der Waals surface area contributed by atoms with E-state index in [4.69, 9.17) is 0 Å². The summed E-state index contributed by atoms with van der Waals surface area (Å²) < 4.78 is 0. The Bertz CT molecular complexity index is 421. The smallest absolute Gasteiger partial charge is 0.227 e. The van der Waals surface area contributed by atoms with Crippen LogP contribution in [0.3, 0.4) is 0 Å². The first-order chi connectivity index (χ1) is 9.70. The fourth-order valence-corrected chi connectivity index (χ4v) is 2.83. The third-order valence-corrected chi connectivity index (χ3v) is 3.97. The zero-order valence-corrected chi connectivity index (χ0v) is 12.7. The predicted octanol–water partition coefficient (Wildman–Crippen LogP) is 2.53. The maximum absolute atomic E-state index is 12.6. The van der Waals surface area contributed by atoms with Gasteiger partial charge in [0.25, 0.3) is 0 Å². The summed E-state index contributed by atoms with van der Waals surface area (Å²) in [5.74, 6) is 0.268. The monoisotopic (exact) mass is 274 g/mol. The number of rotatable bonds is 5. The molecule has 3 nitrogen and oxygen atoms in total. The minimum atomic E-state index is 0.268. The maximum Gasteiger partial charge on any atom is 0.227 e. The van der Waals surface area contributed by atoms with Crippen LogP contribution >= 0.6 is 0 Å². The molecule has 0 aromatic heterocycles. The molecule has 1 aromatic rings. The van der Waals surface area contributed by atoms with Crippen molar-refractivity contribution < 1.29 is 4.79 Å². The van der Waals surface area contributed by atoms with Gasteiger partial charge in [-0.3, -0.25) is 4.79 Å². The first-order valence-electron chi connectivity index (χ1n) is 7.76. The van der Waals surface area contributed by atoms with Crippen LogP contribution in [0, 0.1) is 6.92 Å². The quantitative estimate of drug-likeness (QED) is 0.895. The van der Waals surface area contributed by atoms with E-state index in [9.17, 15) is 4.79 Å². The largest absolute Gasteiger partial charge is 0.338 e. The van der Waals surface area contributed by atoms with Gasteiger partial charge in [0.15, 0.2) is 0 Å². The molecule has 110 valence electrons. The summed E-state index contributed by atoms with van der Waals surface area (Å²) in [4.78, 5) is 14.7. The Morgan fingerprint density at radius 3 is 2.70 bits per heavy atom. The second kappa shape index (κ2) is 7.44. The molecule has 1 saturated heterocycles. The molecule has 1 heterocycles. The minimum absolute atomic E-state index is 0.268. The number of carbonyl (C=O) groups is 1. The van der Waals surface area contributed by atoms with Gasteiger partial charge in [-0.15, -0.1) is 0 Å². The summed E-state index contributed by atoms with van der Waals surface area (Å²) in [5.41, 5.74) is 2.36. The van der Waals surface area contributed by atoms with E-state index in [1.165, 1.54) is 12.0 Å². The molecule has 0 saturated carbocycles. The van der Waals surface area contributed by atoms with Gasteiger partial charge in [-0.1, -0.05) is 36.8 Å². The van der Waals surface area contributed by atoms with E-state index in [1.807, 2.05) is 0 Å². The van der Waals surface area contributed by atoms with Gasteiger partial charge >= 0.3 is 0 Å². The Morgan fingerprint density at radius 2 is 2.10 bits per heavy atom. The van der Waals surface area contributed by atoms with E-state index < -0.39 is 0 Å². The SMILES string of the molecule is CCCN(C(=O)Cc1ccc(C)cc1)C1CCCNC1. The highest BCUT2D eigenvalue weighted by molar-refractivity contribution is 5.79. The number of hydrogen-bond acceptors (Lipinski definition) is 2. The zero-order chi connectivity index (χ0) is 14.4. The van der Waals surface area contributed by atoms with Gasteiger partial charge < -0.3 is 10.2 Å². The number of aryl methyl sites for hydroxylation is 1. The number of amides is 1. The highest BCUT2D eigenvalue weighted by Gasteiger charge is 2.24. The van der Waals surface area contributed by atoms with Gasteiger partial charge in [-0.2, -0.15) is 0 Å². The summed E-state index contributed by atoms with van der Waals surface area (Å²) >= 11 is 0. The molecule has 1 aliphatic heterocycles. The molecule has 1 unspecified atom stereocenters. The first-order valence-corrected chi connectivity index (χ1v) is 7.76. The lowest BCUT2D eigenvalue weighted by molar-refractivity contribution is -0.133. The van der Waals surface area contributed by atoms with Crippen LogP contribution in [0.5, 0.6) is 0 Å². The van der Waals surface area contributed by atoms with E-state index in [0.29, 0.717) is 12.5 Å². The number of nitrogens with zero attached hydrogens (tertiary/aromatic N) is 1. The van der Waals surface area contributed by atoms with E-state index in [1.54, 1.807) is 0 Å². The van der Waals surface area contributed by atoms with Crippen molar-refractivity contribution in [1.82, 2.24) is 10.2 Å². The topological polar surface area (TPSA) is 32.3 Å². The number of hydrogen-bond donors (Lipinski definition) is 1.